The number of anilines is 1. The number of nitrogens with one attached hydrogen (secondary N) is 1. The van der Waals surface area contributed by atoms with E-state index in [1.807, 2.05) is 37.3 Å². The minimum atomic E-state index is -0.495. The van der Waals surface area contributed by atoms with Gasteiger partial charge in [-0.3, -0.25) is 4.79 Å². The summed E-state index contributed by atoms with van der Waals surface area (Å²) in [7, 11) is 4.45. The summed E-state index contributed by atoms with van der Waals surface area (Å²) in [6.45, 7) is 3.87. The van der Waals surface area contributed by atoms with Crippen LogP contribution in [0.3, 0.4) is 0 Å². The molecule has 1 amide bonds. The van der Waals surface area contributed by atoms with Gasteiger partial charge in [-0.2, -0.15) is 0 Å². The van der Waals surface area contributed by atoms with E-state index < -0.39 is 11.9 Å². The van der Waals surface area contributed by atoms with Crippen LogP contribution < -0.4 is 19.5 Å². The number of hydrogen-bond acceptors (Lipinski definition) is 7. The van der Waals surface area contributed by atoms with Gasteiger partial charge >= 0.3 is 5.97 Å². The molecule has 32 heavy (non-hydrogen) atoms. The largest absolute Gasteiger partial charge is 0.496 e. The molecule has 0 saturated heterocycles. The number of aryl methyl sites for hydroxylation is 1. The van der Waals surface area contributed by atoms with Crippen LogP contribution in [0.1, 0.15) is 32.5 Å². The first-order valence-corrected chi connectivity index (χ1v) is 10.7. The number of esters is 1. The van der Waals surface area contributed by atoms with Gasteiger partial charge in [0.05, 0.1) is 33.5 Å². The molecule has 0 unspecified atom stereocenters. The highest BCUT2D eigenvalue weighted by Crippen LogP contribution is 2.41. The summed E-state index contributed by atoms with van der Waals surface area (Å²) < 4.78 is 21.3. The molecule has 0 spiro atoms. The molecule has 0 aliphatic heterocycles. The van der Waals surface area contributed by atoms with Crippen LogP contribution >= 0.6 is 11.3 Å². The van der Waals surface area contributed by atoms with Crippen molar-refractivity contribution in [2.75, 3.05) is 33.3 Å². The molecule has 0 radical (unpaired) electrons. The lowest BCUT2D eigenvalue weighted by molar-refractivity contribution is 0.0529. The molecule has 3 aromatic rings. The first-order chi connectivity index (χ1) is 15.4. The molecule has 1 aromatic heterocycles. The highest BCUT2D eigenvalue weighted by Gasteiger charge is 2.27. The van der Waals surface area contributed by atoms with Crippen LogP contribution in [-0.2, 0) is 4.74 Å². The molecule has 0 fully saturated rings. The number of ether oxygens (including phenoxy) is 4. The fraction of sp³-hybridized carbons (Fsp3) is 0.250. The topological polar surface area (TPSA) is 83.1 Å². The van der Waals surface area contributed by atoms with Gasteiger partial charge in [-0.25, -0.2) is 4.79 Å². The van der Waals surface area contributed by atoms with E-state index in [9.17, 15) is 9.59 Å². The summed E-state index contributed by atoms with van der Waals surface area (Å²) in [6.07, 6.45) is 0. The summed E-state index contributed by atoms with van der Waals surface area (Å²) in [6, 6.07) is 12.6. The van der Waals surface area contributed by atoms with E-state index >= 15 is 0 Å². The summed E-state index contributed by atoms with van der Waals surface area (Å²) in [5.41, 5.74) is 2.18. The van der Waals surface area contributed by atoms with Crippen molar-refractivity contribution < 1.29 is 28.5 Å². The number of carbonyl (C=O) groups is 2. The third-order valence-electron chi connectivity index (χ3n) is 4.80. The molecule has 168 valence electrons. The number of carbonyl (C=O) groups excluding carboxylic acids is 2. The standard InChI is InChI=1S/C24H25NO6S/c1-6-31-24(27)21-20(15-10-8-7-9-11-15)14(2)32-23(21)25-22(26)16-12-18(29-4)19(30-5)13-17(16)28-3/h7-13H,6H2,1-5H3,(H,25,26). The molecule has 0 aliphatic carbocycles. The molecule has 8 heteroatoms. The summed E-state index contributed by atoms with van der Waals surface area (Å²) >= 11 is 1.31. The summed E-state index contributed by atoms with van der Waals surface area (Å²) in [5.74, 6) is 0.191. The minimum absolute atomic E-state index is 0.221. The van der Waals surface area contributed by atoms with Crippen LogP contribution in [0.25, 0.3) is 11.1 Å². The van der Waals surface area contributed by atoms with Gasteiger partial charge < -0.3 is 24.3 Å². The molecule has 3 rings (SSSR count). The summed E-state index contributed by atoms with van der Waals surface area (Å²) in [4.78, 5) is 27.0. The van der Waals surface area contributed by atoms with Gasteiger partial charge in [0.1, 0.15) is 16.3 Å². The Morgan fingerprint density at radius 1 is 0.938 bits per heavy atom. The highest BCUT2D eigenvalue weighted by atomic mass is 32.1. The molecule has 0 bridgehead atoms. The van der Waals surface area contributed by atoms with Crippen molar-refractivity contribution >= 4 is 28.2 Å². The van der Waals surface area contributed by atoms with Crippen LogP contribution in [0.4, 0.5) is 5.00 Å². The number of methoxy groups -OCH3 is 3. The SMILES string of the molecule is CCOC(=O)c1c(NC(=O)c2cc(OC)c(OC)cc2OC)sc(C)c1-c1ccccc1. The van der Waals surface area contributed by atoms with Crippen molar-refractivity contribution in [3.05, 3.63) is 58.5 Å². The first-order valence-electron chi connectivity index (χ1n) is 9.92. The van der Waals surface area contributed by atoms with E-state index in [4.69, 9.17) is 18.9 Å². The van der Waals surface area contributed by atoms with Crippen LogP contribution in [0.15, 0.2) is 42.5 Å². The second-order valence-corrected chi connectivity index (χ2v) is 7.91. The molecule has 0 atom stereocenters. The Morgan fingerprint density at radius 3 is 2.16 bits per heavy atom. The molecule has 0 aliphatic rings. The van der Waals surface area contributed by atoms with Gasteiger partial charge in [0, 0.05) is 22.6 Å². The van der Waals surface area contributed by atoms with Crippen molar-refractivity contribution in [2.24, 2.45) is 0 Å². The average Bonchev–Trinajstić information content (AvgIpc) is 3.14. The lowest BCUT2D eigenvalue weighted by Crippen LogP contribution is -2.16. The van der Waals surface area contributed by atoms with Gasteiger partial charge in [-0.1, -0.05) is 30.3 Å². The monoisotopic (exact) mass is 455 g/mol. The summed E-state index contributed by atoms with van der Waals surface area (Å²) in [5, 5.41) is 3.27. The smallest absolute Gasteiger partial charge is 0.341 e. The average molecular weight is 456 g/mol. The van der Waals surface area contributed by atoms with Gasteiger partial charge in [0.15, 0.2) is 11.5 Å². The second kappa shape index (κ2) is 10.2. The number of thiophene rings is 1. The Morgan fingerprint density at radius 2 is 1.56 bits per heavy atom. The molecule has 2 aromatic carbocycles. The Bertz CT molecular complexity index is 1120. The molecule has 1 N–H and O–H groups in total. The van der Waals surface area contributed by atoms with Crippen LogP contribution in [-0.4, -0.2) is 39.8 Å². The normalized spacial score (nSPS) is 10.4. The van der Waals surface area contributed by atoms with Crippen LogP contribution in [0, 0.1) is 6.92 Å². The lowest BCUT2D eigenvalue weighted by Gasteiger charge is -2.14. The van der Waals surface area contributed by atoms with Crippen LogP contribution in [0.5, 0.6) is 17.2 Å². The quantitative estimate of drug-likeness (QED) is 0.472. The predicted molar refractivity (Wildman–Crippen MR) is 124 cm³/mol. The Labute approximate surface area is 190 Å². The van der Waals surface area contributed by atoms with E-state index in [0.29, 0.717) is 27.8 Å². The van der Waals surface area contributed by atoms with Gasteiger partial charge in [0.25, 0.3) is 5.91 Å². The van der Waals surface area contributed by atoms with Crippen molar-refractivity contribution in [2.45, 2.75) is 13.8 Å². The van der Waals surface area contributed by atoms with Gasteiger partial charge in [0.2, 0.25) is 0 Å². The fourth-order valence-electron chi connectivity index (χ4n) is 3.36. The zero-order chi connectivity index (χ0) is 23.3. The molecule has 0 saturated carbocycles. The number of amides is 1. The van der Waals surface area contributed by atoms with Crippen molar-refractivity contribution in [1.29, 1.82) is 0 Å². The maximum absolute atomic E-state index is 13.2. The fourth-order valence-corrected chi connectivity index (χ4v) is 4.42. The van der Waals surface area contributed by atoms with E-state index in [0.717, 1.165) is 16.0 Å². The Kier molecular flexibility index (Phi) is 7.37. The van der Waals surface area contributed by atoms with E-state index in [-0.39, 0.29) is 12.2 Å². The number of hydrogen-bond donors (Lipinski definition) is 1. The first kappa shape index (κ1) is 23.1. The zero-order valence-corrected chi connectivity index (χ0v) is 19.4. The van der Waals surface area contributed by atoms with E-state index in [2.05, 4.69) is 5.32 Å². The lowest BCUT2D eigenvalue weighted by atomic mass is 10.0. The maximum Gasteiger partial charge on any atom is 0.341 e. The van der Waals surface area contributed by atoms with Crippen molar-refractivity contribution in [3.8, 4) is 28.4 Å². The van der Waals surface area contributed by atoms with E-state index in [1.165, 1.54) is 38.7 Å². The van der Waals surface area contributed by atoms with Crippen LogP contribution in [0.2, 0.25) is 0 Å². The highest BCUT2D eigenvalue weighted by molar-refractivity contribution is 7.17. The number of rotatable bonds is 8. The van der Waals surface area contributed by atoms with Gasteiger partial charge in [-0.15, -0.1) is 11.3 Å². The Balaban J connectivity index is 2.08. The molecule has 1 heterocycles. The minimum Gasteiger partial charge on any atom is -0.496 e. The number of benzene rings is 2. The van der Waals surface area contributed by atoms with Crippen molar-refractivity contribution in [3.63, 3.8) is 0 Å². The van der Waals surface area contributed by atoms with E-state index in [1.54, 1.807) is 13.0 Å². The van der Waals surface area contributed by atoms with Gasteiger partial charge in [-0.05, 0) is 19.4 Å². The molecular weight excluding hydrogens is 430 g/mol. The molecule has 7 nitrogen and oxygen atoms in total. The van der Waals surface area contributed by atoms with Crippen molar-refractivity contribution in [1.82, 2.24) is 0 Å². The zero-order valence-electron chi connectivity index (χ0n) is 18.6. The predicted octanol–water partition coefficient (Wildman–Crippen LogP) is 5.18. The molecular formula is C24H25NO6S. The second-order valence-electron chi connectivity index (χ2n) is 6.69. The third kappa shape index (κ3) is 4.55. The maximum atomic E-state index is 13.2. The Hall–Kier alpha value is -3.52. The third-order valence-corrected chi connectivity index (χ3v) is 5.82.